The average Bonchev–Trinajstić information content (AvgIpc) is 2.81. The molecule has 3 fully saturated rings. The number of thioether (sulfide) groups is 1. The first kappa shape index (κ1) is 11.4. The zero-order valence-corrected chi connectivity index (χ0v) is 11.5. The molecule has 2 saturated heterocycles. The molecule has 0 aromatic rings. The second kappa shape index (κ2) is 4.92. The Balaban J connectivity index is 1.68. The van der Waals surface area contributed by atoms with Gasteiger partial charge in [0.15, 0.2) is 0 Å². The SMILES string of the molecule is CC1CC2SC1C1CCCCCCCCC21. The number of hydrogen-bond donors (Lipinski definition) is 0. The summed E-state index contributed by atoms with van der Waals surface area (Å²) < 4.78 is 0. The van der Waals surface area contributed by atoms with Crippen LogP contribution in [-0.2, 0) is 0 Å². The highest BCUT2D eigenvalue weighted by molar-refractivity contribution is 8.01. The zero-order valence-electron chi connectivity index (χ0n) is 10.7. The molecule has 1 aliphatic carbocycles. The molecule has 3 aliphatic rings. The molecule has 2 heterocycles. The normalized spacial score (nSPS) is 48.9. The molecule has 1 saturated carbocycles. The van der Waals surface area contributed by atoms with Crippen LogP contribution in [0.15, 0.2) is 0 Å². The minimum atomic E-state index is 1.03. The van der Waals surface area contributed by atoms with Crippen LogP contribution in [0.25, 0.3) is 0 Å². The second-order valence-corrected chi connectivity index (χ2v) is 7.80. The Bertz CT molecular complexity index is 238. The van der Waals surface area contributed by atoms with Gasteiger partial charge in [-0.15, -0.1) is 0 Å². The summed E-state index contributed by atoms with van der Waals surface area (Å²) in [5, 5.41) is 2.11. The van der Waals surface area contributed by atoms with Crippen LogP contribution >= 0.6 is 11.8 Å². The first-order chi connectivity index (χ1) is 7.86. The van der Waals surface area contributed by atoms with Crippen molar-refractivity contribution < 1.29 is 0 Å². The van der Waals surface area contributed by atoms with Crippen LogP contribution in [0, 0.1) is 17.8 Å². The predicted octanol–water partition coefficient (Wildman–Crippen LogP) is 4.88. The van der Waals surface area contributed by atoms with Gasteiger partial charge in [-0.3, -0.25) is 0 Å². The Morgan fingerprint density at radius 3 is 2.19 bits per heavy atom. The lowest BCUT2D eigenvalue weighted by atomic mass is 9.70. The van der Waals surface area contributed by atoms with Gasteiger partial charge in [-0.1, -0.05) is 45.4 Å². The second-order valence-electron chi connectivity index (χ2n) is 6.38. The summed E-state index contributed by atoms with van der Waals surface area (Å²) in [6, 6.07) is 0. The van der Waals surface area contributed by atoms with E-state index in [2.05, 4.69) is 18.7 Å². The van der Waals surface area contributed by atoms with Crippen LogP contribution < -0.4 is 0 Å². The van der Waals surface area contributed by atoms with Crippen molar-refractivity contribution in [2.24, 2.45) is 17.8 Å². The number of hydrogen-bond acceptors (Lipinski definition) is 1. The van der Waals surface area contributed by atoms with E-state index in [0.717, 1.165) is 28.3 Å². The quantitative estimate of drug-likeness (QED) is 0.580. The van der Waals surface area contributed by atoms with E-state index in [1.165, 1.54) is 44.9 Å². The highest BCUT2D eigenvalue weighted by Crippen LogP contribution is 2.58. The maximum atomic E-state index is 2.51. The molecule has 1 heteroatoms. The Hall–Kier alpha value is 0.350. The third kappa shape index (κ3) is 2.05. The summed E-state index contributed by atoms with van der Waals surface area (Å²) in [6.45, 7) is 2.51. The summed E-state index contributed by atoms with van der Waals surface area (Å²) >= 11 is 2.38. The maximum absolute atomic E-state index is 2.51. The molecule has 3 rings (SSSR count). The Morgan fingerprint density at radius 1 is 0.812 bits per heavy atom. The fourth-order valence-corrected chi connectivity index (χ4v) is 6.73. The molecule has 0 aromatic carbocycles. The van der Waals surface area contributed by atoms with Crippen LogP contribution in [0.3, 0.4) is 0 Å². The number of fused-ring (bicyclic) bond motifs is 5. The monoisotopic (exact) mass is 238 g/mol. The number of rotatable bonds is 0. The summed E-state index contributed by atoms with van der Waals surface area (Å²) in [5.41, 5.74) is 0. The van der Waals surface area contributed by atoms with Crippen molar-refractivity contribution in [2.45, 2.75) is 75.2 Å². The van der Waals surface area contributed by atoms with Gasteiger partial charge in [-0.25, -0.2) is 0 Å². The zero-order chi connectivity index (χ0) is 11.0. The van der Waals surface area contributed by atoms with E-state index < -0.39 is 0 Å². The third-order valence-corrected chi connectivity index (χ3v) is 7.29. The first-order valence-electron chi connectivity index (χ1n) is 7.52. The Labute approximate surface area is 105 Å². The van der Waals surface area contributed by atoms with Gasteiger partial charge in [-0.2, -0.15) is 11.8 Å². The first-order valence-corrected chi connectivity index (χ1v) is 8.46. The van der Waals surface area contributed by atoms with Gasteiger partial charge in [0.05, 0.1) is 0 Å². The molecule has 0 aromatic heterocycles. The average molecular weight is 238 g/mol. The molecule has 0 radical (unpaired) electrons. The highest BCUT2D eigenvalue weighted by Gasteiger charge is 2.50. The molecular formula is C15H26S. The minimum Gasteiger partial charge on any atom is -0.154 e. The van der Waals surface area contributed by atoms with E-state index in [-0.39, 0.29) is 0 Å². The molecular weight excluding hydrogens is 212 g/mol. The molecule has 2 aliphatic heterocycles. The van der Waals surface area contributed by atoms with Crippen LogP contribution in [0.4, 0.5) is 0 Å². The smallest absolute Gasteiger partial charge is 0.0107 e. The fraction of sp³-hybridized carbons (Fsp3) is 1.00. The van der Waals surface area contributed by atoms with Gasteiger partial charge < -0.3 is 0 Å². The van der Waals surface area contributed by atoms with E-state index in [4.69, 9.17) is 0 Å². The van der Waals surface area contributed by atoms with Crippen LogP contribution in [0.5, 0.6) is 0 Å². The topological polar surface area (TPSA) is 0 Å². The van der Waals surface area contributed by atoms with Crippen LogP contribution in [0.1, 0.15) is 64.7 Å². The molecule has 0 nitrogen and oxygen atoms in total. The summed E-state index contributed by atoms with van der Waals surface area (Å²) in [6.07, 6.45) is 13.8. The molecule has 5 unspecified atom stereocenters. The highest BCUT2D eigenvalue weighted by atomic mass is 32.2. The van der Waals surface area contributed by atoms with Crippen molar-refractivity contribution in [3.05, 3.63) is 0 Å². The summed E-state index contributed by atoms with van der Waals surface area (Å²) in [5.74, 6) is 3.25. The van der Waals surface area contributed by atoms with Crippen LogP contribution in [-0.4, -0.2) is 10.5 Å². The van der Waals surface area contributed by atoms with Crippen LogP contribution in [0.2, 0.25) is 0 Å². The van der Waals surface area contributed by atoms with E-state index in [0.29, 0.717) is 0 Å². The van der Waals surface area contributed by atoms with Crippen molar-refractivity contribution in [2.75, 3.05) is 0 Å². The van der Waals surface area contributed by atoms with Crippen molar-refractivity contribution in [1.29, 1.82) is 0 Å². The third-order valence-electron chi connectivity index (χ3n) is 5.27. The van der Waals surface area contributed by atoms with Gasteiger partial charge in [-0.05, 0) is 37.0 Å². The molecule has 16 heavy (non-hydrogen) atoms. The molecule has 0 N–H and O–H groups in total. The lowest BCUT2D eigenvalue weighted by Gasteiger charge is -2.34. The van der Waals surface area contributed by atoms with E-state index in [1.54, 1.807) is 12.8 Å². The molecule has 5 atom stereocenters. The van der Waals surface area contributed by atoms with E-state index in [1.807, 2.05) is 0 Å². The minimum absolute atomic E-state index is 1.03. The molecule has 0 amide bonds. The summed E-state index contributed by atoms with van der Waals surface area (Å²) in [7, 11) is 0. The lowest BCUT2D eigenvalue weighted by molar-refractivity contribution is 0.202. The maximum Gasteiger partial charge on any atom is 0.0107 e. The van der Waals surface area contributed by atoms with Gasteiger partial charge in [0.2, 0.25) is 0 Å². The van der Waals surface area contributed by atoms with Gasteiger partial charge >= 0.3 is 0 Å². The Morgan fingerprint density at radius 2 is 1.44 bits per heavy atom. The van der Waals surface area contributed by atoms with Crippen molar-refractivity contribution in [3.8, 4) is 0 Å². The molecule has 0 spiro atoms. The van der Waals surface area contributed by atoms with E-state index >= 15 is 0 Å². The predicted molar refractivity (Wildman–Crippen MR) is 72.9 cm³/mol. The van der Waals surface area contributed by atoms with Crippen molar-refractivity contribution in [3.63, 3.8) is 0 Å². The fourth-order valence-electron chi connectivity index (χ4n) is 4.46. The summed E-state index contributed by atoms with van der Waals surface area (Å²) in [4.78, 5) is 0. The van der Waals surface area contributed by atoms with Crippen molar-refractivity contribution in [1.82, 2.24) is 0 Å². The van der Waals surface area contributed by atoms with E-state index in [9.17, 15) is 0 Å². The lowest BCUT2D eigenvalue weighted by Crippen LogP contribution is -2.32. The molecule has 2 bridgehead atoms. The van der Waals surface area contributed by atoms with Gasteiger partial charge in [0.1, 0.15) is 0 Å². The largest absolute Gasteiger partial charge is 0.154 e. The van der Waals surface area contributed by atoms with Gasteiger partial charge in [0, 0.05) is 10.5 Å². The Kier molecular flexibility index (Phi) is 3.52. The van der Waals surface area contributed by atoms with Crippen molar-refractivity contribution >= 4 is 11.8 Å². The molecule has 92 valence electrons. The standard InChI is InChI=1S/C15H26S/c1-11-10-14-12-8-6-4-2-3-5-7-9-13(12)15(11)16-14/h11-15H,2-10H2,1H3. The van der Waals surface area contributed by atoms with Gasteiger partial charge in [0.25, 0.3) is 0 Å².